The average Bonchev–Trinajstić information content (AvgIpc) is 3.39. The van der Waals surface area contributed by atoms with Crippen molar-refractivity contribution >= 4 is 33.2 Å². The van der Waals surface area contributed by atoms with E-state index in [0.29, 0.717) is 0 Å². The maximum Gasteiger partial charge on any atom is 0.417 e. The number of halogens is 4. The molecule has 10 heteroatoms. The first-order valence-electron chi connectivity index (χ1n) is 7.87. The topological polar surface area (TPSA) is 75.3 Å². The van der Waals surface area contributed by atoms with Crippen LogP contribution in [0, 0.1) is 0 Å². The lowest BCUT2D eigenvalue weighted by atomic mass is 10.1. The summed E-state index contributed by atoms with van der Waals surface area (Å²) in [7, 11) is -3.75. The van der Waals surface area contributed by atoms with Crippen LogP contribution in [0.4, 0.5) is 18.9 Å². The molecular weight excluding hydrogens is 405 g/mol. The lowest BCUT2D eigenvalue weighted by Gasteiger charge is -2.12. The summed E-state index contributed by atoms with van der Waals surface area (Å²) in [6.45, 7) is 0. The SMILES string of the molecule is O=C(Nc1ccc(Cl)c(C(F)(F)F)c1)c1cccc(S(=O)(=O)NC2CC2)c1. The molecule has 1 amide bonds. The van der Waals surface area contributed by atoms with Crippen LogP contribution in [0.25, 0.3) is 0 Å². The van der Waals surface area contributed by atoms with E-state index in [2.05, 4.69) is 10.0 Å². The number of rotatable bonds is 5. The summed E-state index contributed by atoms with van der Waals surface area (Å²) >= 11 is 5.55. The third-order valence-corrected chi connectivity index (χ3v) is 5.68. The Morgan fingerprint density at radius 2 is 1.81 bits per heavy atom. The van der Waals surface area contributed by atoms with E-state index in [9.17, 15) is 26.4 Å². The van der Waals surface area contributed by atoms with Gasteiger partial charge in [-0.15, -0.1) is 0 Å². The Morgan fingerprint density at radius 1 is 1.11 bits per heavy atom. The van der Waals surface area contributed by atoms with E-state index in [-0.39, 0.29) is 22.2 Å². The highest BCUT2D eigenvalue weighted by molar-refractivity contribution is 7.89. The van der Waals surface area contributed by atoms with Gasteiger partial charge in [0.2, 0.25) is 10.0 Å². The minimum atomic E-state index is -4.67. The van der Waals surface area contributed by atoms with Gasteiger partial charge in [-0.1, -0.05) is 17.7 Å². The van der Waals surface area contributed by atoms with Crippen molar-refractivity contribution in [2.24, 2.45) is 0 Å². The van der Waals surface area contributed by atoms with Gasteiger partial charge in [-0.05, 0) is 49.2 Å². The number of nitrogens with one attached hydrogen (secondary N) is 2. The highest BCUT2D eigenvalue weighted by atomic mass is 35.5. The van der Waals surface area contributed by atoms with Gasteiger partial charge in [-0.2, -0.15) is 13.2 Å². The molecule has 0 atom stereocenters. The van der Waals surface area contributed by atoms with E-state index < -0.39 is 32.7 Å². The molecule has 2 aromatic rings. The Bertz CT molecular complexity index is 989. The zero-order valence-electron chi connectivity index (χ0n) is 13.7. The fraction of sp³-hybridized carbons (Fsp3) is 0.235. The predicted molar refractivity (Wildman–Crippen MR) is 94.2 cm³/mol. The Kier molecular flexibility index (Phi) is 5.20. The summed E-state index contributed by atoms with van der Waals surface area (Å²) in [5.41, 5.74) is -1.19. The molecule has 0 unspecified atom stereocenters. The number of hydrogen-bond acceptors (Lipinski definition) is 3. The molecule has 1 fully saturated rings. The standard InChI is InChI=1S/C17H14ClF3N2O3S/c18-15-7-6-12(9-14(15)17(19,20)21)22-16(24)10-2-1-3-13(8-10)27(25,26)23-11-4-5-11/h1-3,6-9,11,23H,4-5H2,(H,22,24). The second kappa shape index (κ2) is 7.14. The van der Waals surface area contributed by atoms with Gasteiger partial charge in [0.25, 0.3) is 5.91 Å². The molecule has 1 saturated carbocycles. The molecule has 0 heterocycles. The van der Waals surface area contributed by atoms with E-state index in [1.807, 2.05) is 0 Å². The van der Waals surface area contributed by atoms with Gasteiger partial charge in [0, 0.05) is 17.3 Å². The molecule has 5 nitrogen and oxygen atoms in total. The summed E-state index contributed by atoms with van der Waals surface area (Å²) in [6, 6.07) is 8.14. The fourth-order valence-corrected chi connectivity index (χ4v) is 3.89. The Hall–Kier alpha value is -2.10. The molecule has 0 aromatic heterocycles. The quantitative estimate of drug-likeness (QED) is 0.769. The first kappa shape index (κ1) is 19.7. The number of carbonyl (C=O) groups is 1. The minimum absolute atomic E-state index is 0.00261. The van der Waals surface area contributed by atoms with Crippen LogP contribution in [0.15, 0.2) is 47.4 Å². The largest absolute Gasteiger partial charge is 0.417 e. The van der Waals surface area contributed by atoms with Crippen LogP contribution < -0.4 is 10.0 Å². The van der Waals surface area contributed by atoms with Gasteiger partial charge in [0.1, 0.15) is 0 Å². The molecule has 3 rings (SSSR count). The Balaban J connectivity index is 1.82. The van der Waals surface area contributed by atoms with E-state index >= 15 is 0 Å². The number of sulfonamides is 1. The molecular formula is C17H14ClF3N2O3S. The third-order valence-electron chi connectivity index (χ3n) is 3.84. The van der Waals surface area contributed by atoms with Crippen molar-refractivity contribution < 1.29 is 26.4 Å². The van der Waals surface area contributed by atoms with Crippen LogP contribution in [0.5, 0.6) is 0 Å². The molecule has 0 spiro atoms. The van der Waals surface area contributed by atoms with Crippen LogP contribution in [-0.4, -0.2) is 20.4 Å². The number of amides is 1. The van der Waals surface area contributed by atoms with Crippen LogP contribution in [-0.2, 0) is 16.2 Å². The van der Waals surface area contributed by atoms with Crippen molar-refractivity contribution in [3.05, 3.63) is 58.6 Å². The second-order valence-electron chi connectivity index (χ2n) is 6.07. The average molecular weight is 419 g/mol. The normalized spacial score (nSPS) is 14.8. The van der Waals surface area contributed by atoms with Crippen molar-refractivity contribution in [2.75, 3.05) is 5.32 Å². The third kappa shape index (κ3) is 4.79. The molecule has 144 valence electrons. The molecule has 1 aliphatic carbocycles. The first-order valence-corrected chi connectivity index (χ1v) is 9.73. The van der Waals surface area contributed by atoms with Gasteiger partial charge >= 0.3 is 6.18 Å². The molecule has 0 radical (unpaired) electrons. The number of anilines is 1. The minimum Gasteiger partial charge on any atom is -0.322 e. The maximum absolute atomic E-state index is 12.9. The number of hydrogen-bond donors (Lipinski definition) is 2. The van der Waals surface area contributed by atoms with E-state index in [1.165, 1.54) is 30.3 Å². The van der Waals surface area contributed by atoms with Gasteiger partial charge < -0.3 is 5.32 Å². The number of alkyl halides is 3. The van der Waals surface area contributed by atoms with Crippen molar-refractivity contribution in [2.45, 2.75) is 30.0 Å². The van der Waals surface area contributed by atoms with Crippen LogP contribution in [0.3, 0.4) is 0 Å². The Morgan fingerprint density at radius 3 is 2.44 bits per heavy atom. The van der Waals surface area contributed by atoms with Gasteiger partial charge in [0.15, 0.2) is 0 Å². The van der Waals surface area contributed by atoms with E-state index in [4.69, 9.17) is 11.6 Å². The van der Waals surface area contributed by atoms with Crippen molar-refractivity contribution in [3.8, 4) is 0 Å². The van der Waals surface area contributed by atoms with Gasteiger partial charge in [-0.25, -0.2) is 13.1 Å². The molecule has 0 bridgehead atoms. The monoisotopic (exact) mass is 418 g/mol. The molecule has 2 aromatic carbocycles. The summed E-state index contributed by atoms with van der Waals surface area (Å²) in [5.74, 6) is -0.742. The van der Waals surface area contributed by atoms with Gasteiger partial charge in [0.05, 0.1) is 15.5 Å². The molecule has 0 saturated heterocycles. The zero-order valence-corrected chi connectivity index (χ0v) is 15.3. The lowest BCUT2D eigenvalue weighted by molar-refractivity contribution is -0.137. The highest BCUT2D eigenvalue weighted by Gasteiger charge is 2.33. The summed E-state index contributed by atoms with van der Waals surface area (Å²) in [5, 5.41) is 1.83. The summed E-state index contributed by atoms with van der Waals surface area (Å²) in [4.78, 5) is 12.2. The number of carbonyl (C=O) groups excluding carboxylic acids is 1. The van der Waals surface area contributed by atoms with E-state index in [1.54, 1.807) is 0 Å². The second-order valence-corrected chi connectivity index (χ2v) is 8.19. The van der Waals surface area contributed by atoms with E-state index in [0.717, 1.165) is 25.0 Å². The molecule has 0 aliphatic heterocycles. The van der Waals surface area contributed by atoms with Crippen LogP contribution >= 0.6 is 11.6 Å². The molecule has 1 aliphatic rings. The van der Waals surface area contributed by atoms with Crippen molar-refractivity contribution in [1.29, 1.82) is 0 Å². The predicted octanol–water partition coefficient (Wildman–Crippen LogP) is 4.05. The first-order chi connectivity index (χ1) is 12.6. The number of benzene rings is 2. The molecule has 2 N–H and O–H groups in total. The van der Waals surface area contributed by atoms with Crippen molar-refractivity contribution in [3.63, 3.8) is 0 Å². The lowest BCUT2D eigenvalue weighted by Crippen LogP contribution is -2.26. The molecule has 27 heavy (non-hydrogen) atoms. The Labute approximate surface area is 158 Å². The zero-order chi connectivity index (χ0) is 19.8. The van der Waals surface area contributed by atoms with Gasteiger partial charge in [-0.3, -0.25) is 4.79 Å². The highest BCUT2D eigenvalue weighted by Crippen LogP contribution is 2.36. The van der Waals surface area contributed by atoms with Crippen LogP contribution in [0.1, 0.15) is 28.8 Å². The summed E-state index contributed by atoms with van der Waals surface area (Å²) in [6.07, 6.45) is -3.14. The smallest absolute Gasteiger partial charge is 0.322 e. The van der Waals surface area contributed by atoms with Crippen LogP contribution in [0.2, 0.25) is 5.02 Å². The van der Waals surface area contributed by atoms with Crippen molar-refractivity contribution in [1.82, 2.24) is 4.72 Å². The summed E-state index contributed by atoms with van der Waals surface area (Å²) < 4.78 is 65.7. The fourth-order valence-electron chi connectivity index (χ4n) is 2.32. The maximum atomic E-state index is 12.9.